The summed E-state index contributed by atoms with van der Waals surface area (Å²) in [5.41, 5.74) is 0. The summed E-state index contributed by atoms with van der Waals surface area (Å²) in [5, 5.41) is 3.43. The minimum Gasteiger partial charge on any atom is -0.356 e. The number of ether oxygens (including phenoxy) is 1. The highest BCUT2D eigenvalue weighted by Gasteiger charge is 2.16. The first kappa shape index (κ1) is 11.4. The van der Waals surface area contributed by atoms with Gasteiger partial charge in [-0.3, -0.25) is 0 Å². The molecule has 5 heteroatoms. The summed E-state index contributed by atoms with van der Waals surface area (Å²) in [6, 6.07) is 0.510. The van der Waals surface area contributed by atoms with E-state index in [2.05, 4.69) is 62.4 Å². The van der Waals surface area contributed by atoms with Crippen molar-refractivity contribution in [3.63, 3.8) is 0 Å². The third-order valence-corrected chi connectivity index (χ3v) is 2.60. The van der Waals surface area contributed by atoms with Crippen molar-refractivity contribution in [3.8, 4) is 0 Å². The van der Waals surface area contributed by atoms with Gasteiger partial charge in [0.1, 0.15) is 0 Å². The fourth-order valence-corrected chi connectivity index (χ4v) is 1.71. The van der Waals surface area contributed by atoms with Crippen LogP contribution in [0.15, 0.2) is 0 Å². The molecule has 1 N–H and O–H groups in total. The topological polar surface area (TPSA) is 24.5 Å². The van der Waals surface area contributed by atoms with Gasteiger partial charge in [-0.1, -0.05) is 0 Å². The van der Waals surface area contributed by atoms with E-state index in [-0.39, 0.29) is 2.12 Å². The molecule has 0 aliphatic carbocycles. The first-order chi connectivity index (χ1) is 5.68. The average Bonchev–Trinajstić information content (AvgIpc) is 2.01. The molecule has 72 valence electrons. The summed E-state index contributed by atoms with van der Waals surface area (Å²) in [4.78, 5) is 2.33. The molecule has 1 fully saturated rings. The molecule has 0 spiro atoms. The van der Waals surface area contributed by atoms with Gasteiger partial charge in [0.2, 0.25) is 0 Å². The largest absolute Gasteiger partial charge is 0.356 e. The first-order valence-electron chi connectivity index (χ1n) is 4.00. The number of alkyl halides is 2. The maximum atomic E-state index is 5.51. The van der Waals surface area contributed by atoms with E-state index in [9.17, 15) is 0 Å². The molecule has 1 atom stereocenters. The number of nitrogens with zero attached hydrogens (tertiary/aromatic N) is 1. The lowest BCUT2D eigenvalue weighted by Gasteiger charge is -2.30. The Balaban J connectivity index is 2.14. The van der Waals surface area contributed by atoms with E-state index in [1.807, 2.05) is 0 Å². The molecule has 12 heavy (non-hydrogen) atoms. The van der Waals surface area contributed by atoms with Crippen molar-refractivity contribution in [3.05, 3.63) is 0 Å². The van der Waals surface area contributed by atoms with Crippen LogP contribution in [0.5, 0.6) is 0 Å². The Morgan fingerprint density at radius 1 is 1.67 bits per heavy atom. The van der Waals surface area contributed by atoms with E-state index < -0.39 is 0 Å². The van der Waals surface area contributed by atoms with E-state index in [1.165, 1.54) is 0 Å². The van der Waals surface area contributed by atoms with E-state index in [0.29, 0.717) is 6.04 Å². The molecular weight excluding hydrogens is 382 g/mol. The maximum absolute atomic E-state index is 5.51. The monoisotopic (exact) mass is 396 g/mol. The zero-order valence-electron chi connectivity index (χ0n) is 7.09. The van der Waals surface area contributed by atoms with Gasteiger partial charge in [-0.15, -0.1) is 0 Å². The van der Waals surface area contributed by atoms with Crippen molar-refractivity contribution in [1.82, 2.24) is 10.2 Å². The van der Waals surface area contributed by atoms with Crippen LogP contribution in [0.1, 0.15) is 0 Å². The Morgan fingerprint density at radius 3 is 3.00 bits per heavy atom. The molecule has 3 nitrogen and oxygen atoms in total. The van der Waals surface area contributed by atoms with Crippen LogP contribution < -0.4 is 5.32 Å². The van der Waals surface area contributed by atoms with Crippen molar-refractivity contribution in [2.24, 2.45) is 0 Å². The molecule has 0 radical (unpaired) electrons. The van der Waals surface area contributed by atoms with Crippen LogP contribution in [0.2, 0.25) is 0 Å². The normalized spacial score (nSPS) is 26.5. The minimum absolute atomic E-state index is 0.286. The lowest BCUT2D eigenvalue weighted by molar-refractivity contribution is 0.117. The molecular formula is C7H14I2N2O. The van der Waals surface area contributed by atoms with Gasteiger partial charge in [0.25, 0.3) is 0 Å². The smallest absolute Gasteiger partial charge is 0.159 e. The van der Waals surface area contributed by atoms with Crippen LogP contribution in [0, 0.1) is 0 Å². The highest BCUT2D eigenvalue weighted by molar-refractivity contribution is 14.2. The minimum atomic E-state index is 0.286. The molecule has 1 saturated heterocycles. The molecule has 1 heterocycles. The van der Waals surface area contributed by atoms with Crippen LogP contribution >= 0.6 is 45.2 Å². The highest BCUT2D eigenvalue weighted by atomic mass is 127. The zero-order chi connectivity index (χ0) is 8.97. The number of likely N-dealkylation sites (N-methyl/N-ethyl adjacent to an activating group) is 1. The number of rotatable bonds is 3. The Labute approximate surface area is 101 Å². The number of piperazine rings is 1. The summed E-state index contributed by atoms with van der Waals surface area (Å²) in [6.45, 7) is 4.15. The lowest BCUT2D eigenvalue weighted by atomic mass is 10.2. The molecule has 1 rings (SSSR count). The van der Waals surface area contributed by atoms with Crippen LogP contribution in [0.25, 0.3) is 0 Å². The number of nitrogens with one attached hydrogen (secondary N) is 1. The van der Waals surface area contributed by atoms with Gasteiger partial charge in [-0.25, -0.2) is 0 Å². The third-order valence-electron chi connectivity index (χ3n) is 1.88. The fraction of sp³-hybridized carbons (Fsp3) is 1.00. The molecule has 0 amide bonds. The molecule has 0 saturated carbocycles. The zero-order valence-corrected chi connectivity index (χ0v) is 11.4. The summed E-state index contributed by atoms with van der Waals surface area (Å²) in [6.07, 6.45) is 0. The summed E-state index contributed by atoms with van der Waals surface area (Å²) >= 11 is 4.53. The van der Waals surface area contributed by atoms with Crippen molar-refractivity contribution < 1.29 is 4.74 Å². The summed E-state index contributed by atoms with van der Waals surface area (Å²) < 4.78 is 5.80. The van der Waals surface area contributed by atoms with Crippen LogP contribution in [0.4, 0.5) is 0 Å². The highest BCUT2D eigenvalue weighted by Crippen LogP contribution is 2.11. The average molecular weight is 396 g/mol. The molecule has 1 aliphatic rings. The van der Waals surface area contributed by atoms with Gasteiger partial charge in [0.15, 0.2) is 2.12 Å². The predicted molar refractivity (Wildman–Crippen MR) is 67.1 cm³/mol. The SMILES string of the molecule is CN1CCNC(COC(I)I)C1. The van der Waals surface area contributed by atoms with Gasteiger partial charge in [0.05, 0.1) is 6.61 Å². The number of halogens is 2. The Morgan fingerprint density at radius 2 is 2.42 bits per heavy atom. The quantitative estimate of drug-likeness (QED) is 0.571. The second kappa shape index (κ2) is 5.94. The number of hydrogen-bond donors (Lipinski definition) is 1. The molecule has 0 bridgehead atoms. The van der Waals surface area contributed by atoms with Crippen molar-refractivity contribution in [2.75, 3.05) is 33.3 Å². The first-order valence-corrected chi connectivity index (χ1v) is 6.49. The summed E-state index contributed by atoms with van der Waals surface area (Å²) in [5.74, 6) is 0. The molecule has 0 aromatic carbocycles. The molecule has 1 unspecified atom stereocenters. The van der Waals surface area contributed by atoms with Crippen LogP contribution in [-0.2, 0) is 4.74 Å². The van der Waals surface area contributed by atoms with Crippen molar-refractivity contribution >= 4 is 45.2 Å². The Bertz CT molecular complexity index is 135. The van der Waals surface area contributed by atoms with Crippen LogP contribution in [0.3, 0.4) is 0 Å². The second-order valence-corrected chi connectivity index (χ2v) is 7.65. The summed E-state index contributed by atoms with van der Waals surface area (Å²) in [7, 11) is 2.15. The van der Waals surface area contributed by atoms with E-state index >= 15 is 0 Å². The van der Waals surface area contributed by atoms with Gasteiger partial charge in [0, 0.05) is 25.7 Å². The van der Waals surface area contributed by atoms with E-state index in [0.717, 1.165) is 26.2 Å². The predicted octanol–water partition coefficient (Wildman–Crippen LogP) is 1.06. The lowest BCUT2D eigenvalue weighted by Crippen LogP contribution is -2.51. The van der Waals surface area contributed by atoms with Gasteiger partial charge in [-0.2, -0.15) is 0 Å². The molecule has 1 aliphatic heterocycles. The Hall–Kier alpha value is 1.34. The van der Waals surface area contributed by atoms with E-state index in [1.54, 1.807) is 0 Å². The third kappa shape index (κ3) is 4.54. The van der Waals surface area contributed by atoms with Gasteiger partial charge < -0.3 is 15.0 Å². The maximum Gasteiger partial charge on any atom is 0.159 e. The second-order valence-electron chi connectivity index (χ2n) is 3.01. The van der Waals surface area contributed by atoms with E-state index in [4.69, 9.17) is 4.74 Å². The van der Waals surface area contributed by atoms with Crippen LogP contribution in [-0.4, -0.2) is 46.3 Å². The molecule has 0 aromatic rings. The fourth-order valence-electron chi connectivity index (χ4n) is 1.29. The standard InChI is InChI=1S/C7H14I2N2O/c1-11-3-2-10-6(4-11)5-12-7(8)9/h6-7,10H,2-5H2,1H3. The van der Waals surface area contributed by atoms with Gasteiger partial charge >= 0.3 is 0 Å². The Kier molecular flexibility index (Phi) is 5.65. The van der Waals surface area contributed by atoms with Crippen molar-refractivity contribution in [2.45, 2.75) is 8.16 Å². The number of hydrogen-bond acceptors (Lipinski definition) is 3. The van der Waals surface area contributed by atoms with Gasteiger partial charge in [-0.05, 0) is 52.2 Å². The molecule has 0 aromatic heterocycles. The van der Waals surface area contributed by atoms with Crippen molar-refractivity contribution in [1.29, 1.82) is 0 Å².